The number of rotatable bonds is 4. The van der Waals surface area contributed by atoms with Crippen molar-refractivity contribution in [3.05, 3.63) is 41.2 Å². The minimum absolute atomic E-state index is 0.00589. The van der Waals surface area contributed by atoms with E-state index in [1.165, 1.54) is 6.08 Å². The second-order valence-corrected chi connectivity index (χ2v) is 7.91. The molecule has 0 saturated heterocycles. The zero-order valence-electron chi connectivity index (χ0n) is 16.2. The van der Waals surface area contributed by atoms with Crippen molar-refractivity contribution in [2.24, 2.45) is 0 Å². The fourth-order valence-corrected chi connectivity index (χ4v) is 4.75. The van der Waals surface area contributed by atoms with Crippen LogP contribution in [0.15, 0.2) is 18.9 Å². The second-order valence-electron chi connectivity index (χ2n) is 7.91. The summed E-state index contributed by atoms with van der Waals surface area (Å²) in [6.07, 6.45) is 8.53. The van der Waals surface area contributed by atoms with Crippen molar-refractivity contribution in [2.75, 3.05) is 11.9 Å². The van der Waals surface area contributed by atoms with Crippen LogP contribution in [-0.2, 0) is 24.1 Å². The lowest BCUT2D eigenvalue weighted by Gasteiger charge is -2.23. The van der Waals surface area contributed by atoms with Gasteiger partial charge in [-0.3, -0.25) is 9.59 Å². The van der Waals surface area contributed by atoms with Crippen molar-refractivity contribution in [1.82, 2.24) is 25.6 Å². The van der Waals surface area contributed by atoms with Gasteiger partial charge in [0.1, 0.15) is 0 Å². The molecule has 5 rings (SSSR count). The van der Waals surface area contributed by atoms with E-state index in [0.29, 0.717) is 12.5 Å². The molecule has 0 aromatic carbocycles. The predicted octanol–water partition coefficient (Wildman–Crippen LogP) is 1.49. The number of aromatic nitrogens is 3. The summed E-state index contributed by atoms with van der Waals surface area (Å²) in [6, 6.07) is 0.125. The zero-order valence-corrected chi connectivity index (χ0v) is 16.2. The van der Waals surface area contributed by atoms with E-state index < -0.39 is 0 Å². The average molecular weight is 392 g/mol. The van der Waals surface area contributed by atoms with E-state index in [2.05, 4.69) is 32.5 Å². The molecule has 150 valence electrons. The molecule has 29 heavy (non-hydrogen) atoms. The summed E-state index contributed by atoms with van der Waals surface area (Å²) in [5.74, 6) is 0.402. The van der Waals surface area contributed by atoms with Gasteiger partial charge in [-0.2, -0.15) is 0 Å². The lowest BCUT2D eigenvalue weighted by atomic mass is 9.91. The van der Waals surface area contributed by atoms with Gasteiger partial charge in [0.05, 0.1) is 17.0 Å². The molecule has 8 nitrogen and oxygen atoms in total. The molecule has 0 bridgehead atoms. The highest BCUT2D eigenvalue weighted by atomic mass is 16.2. The number of H-pyrrole nitrogens is 1. The first-order chi connectivity index (χ1) is 14.1. The van der Waals surface area contributed by atoms with Gasteiger partial charge < -0.3 is 20.9 Å². The summed E-state index contributed by atoms with van der Waals surface area (Å²) in [5.41, 5.74) is 5.77. The van der Waals surface area contributed by atoms with Crippen molar-refractivity contribution in [3.63, 3.8) is 0 Å². The average Bonchev–Trinajstić information content (AvgIpc) is 3.32. The van der Waals surface area contributed by atoms with E-state index in [0.717, 1.165) is 72.3 Å². The number of aryl methyl sites for hydroxylation is 1. The van der Waals surface area contributed by atoms with Crippen LogP contribution in [0.2, 0.25) is 0 Å². The topological polar surface area (TPSA) is 112 Å². The number of nitrogens with zero attached hydrogens (tertiary/aromatic N) is 2. The highest BCUT2D eigenvalue weighted by molar-refractivity contribution is 6.00. The van der Waals surface area contributed by atoms with E-state index in [1.807, 2.05) is 6.20 Å². The molecule has 0 spiro atoms. The molecule has 2 aliphatic carbocycles. The largest absolute Gasteiger partial charge is 0.356 e. The first kappa shape index (κ1) is 17.9. The number of fused-ring (bicyclic) bond motifs is 5. The fourth-order valence-electron chi connectivity index (χ4n) is 4.75. The lowest BCUT2D eigenvalue weighted by Crippen LogP contribution is -2.43. The number of carbonyl (C=O) groups excluding carboxylic acids is 2. The van der Waals surface area contributed by atoms with E-state index in [4.69, 9.17) is 4.98 Å². The third kappa shape index (κ3) is 3.08. The van der Waals surface area contributed by atoms with Crippen molar-refractivity contribution >= 4 is 17.8 Å². The Morgan fingerprint density at radius 2 is 2.10 bits per heavy atom. The van der Waals surface area contributed by atoms with Gasteiger partial charge in [-0.15, -0.1) is 0 Å². The molecular weight excluding hydrogens is 368 g/mol. The van der Waals surface area contributed by atoms with E-state index in [-0.39, 0.29) is 23.9 Å². The molecule has 3 heterocycles. The van der Waals surface area contributed by atoms with Gasteiger partial charge in [0.2, 0.25) is 11.9 Å². The second kappa shape index (κ2) is 7.02. The Balaban J connectivity index is 1.44. The Labute approximate surface area is 168 Å². The van der Waals surface area contributed by atoms with Crippen LogP contribution in [0, 0.1) is 0 Å². The normalized spacial score (nSPS) is 22.1. The van der Waals surface area contributed by atoms with Gasteiger partial charge in [0, 0.05) is 36.9 Å². The monoisotopic (exact) mass is 392 g/mol. The molecule has 2 unspecified atom stereocenters. The van der Waals surface area contributed by atoms with Crippen molar-refractivity contribution < 1.29 is 9.59 Å². The Morgan fingerprint density at radius 1 is 1.24 bits per heavy atom. The molecule has 0 radical (unpaired) electrons. The Morgan fingerprint density at radius 3 is 2.97 bits per heavy atom. The molecule has 2 aromatic heterocycles. The van der Waals surface area contributed by atoms with Crippen LogP contribution in [-0.4, -0.2) is 45.4 Å². The number of hydrogen-bond acceptors (Lipinski definition) is 5. The van der Waals surface area contributed by atoms with Crippen LogP contribution in [0.5, 0.6) is 0 Å². The summed E-state index contributed by atoms with van der Waals surface area (Å²) < 4.78 is 0. The third-order valence-electron chi connectivity index (χ3n) is 6.16. The van der Waals surface area contributed by atoms with Crippen molar-refractivity contribution in [2.45, 2.75) is 50.6 Å². The first-order valence-corrected chi connectivity index (χ1v) is 10.2. The summed E-state index contributed by atoms with van der Waals surface area (Å²) in [5, 5.41) is 9.33. The molecule has 1 aliphatic heterocycles. The predicted molar refractivity (Wildman–Crippen MR) is 109 cm³/mol. The number of carbonyl (C=O) groups is 2. The van der Waals surface area contributed by atoms with Crippen LogP contribution < -0.4 is 16.0 Å². The summed E-state index contributed by atoms with van der Waals surface area (Å²) >= 11 is 0. The number of aromatic amines is 1. The smallest absolute Gasteiger partial charge is 0.253 e. The summed E-state index contributed by atoms with van der Waals surface area (Å²) in [7, 11) is 0. The Hall–Kier alpha value is -3.16. The van der Waals surface area contributed by atoms with E-state index in [9.17, 15) is 9.59 Å². The van der Waals surface area contributed by atoms with Crippen molar-refractivity contribution in [3.8, 4) is 11.4 Å². The Kier molecular flexibility index (Phi) is 4.34. The summed E-state index contributed by atoms with van der Waals surface area (Å²) in [6.45, 7) is 4.19. The molecule has 1 saturated carbocycles. The molecule has 2 atom stereocenters. The highest BCUT2D eigenvalue weighted by Crippen LogP contribution is 2.36. The van der Waals surface area contributed by atoms with Gasteiger partial charge in [-0.05, 0) is 49.3 Å². The fraction of sp³-hybridized carbons (Fsp3) is 0.429. The van der Waals surface area contributed by atoms with Crippen LogP contribution in [0.1, 0.15) is 46.4 Å². The maximum atomic E-state index is 12.4. The van der Waals surface area contributed by atoms with Gasteiger partial charge >= 0.3 is 0 Å². The highest BCUT2D eigenvalue weighted by Gasteiger charge is 2.32. The number of hydrogen-bond donors (Lipinski definition) is 4. The van der Waals surface area contributed by atoms with Gasteiger partial charge in [0.15, 0.2) is 0 Å². The number of amides is 2. The lowest BCUT2D eigenvalue weighted by molar-refractivity contribution is -0.117. The van der Waals surface area contributed by atoms with Crippen molar-refractivity contribution in [1.29, 1.82) is 0 Å². The number of nitrogens with one attached hydrogen (secondary N) is 4. The minimum Gasteiger partial charge on any atom is -0.356 e. The molecule has 2 amide bonds. The third-order valence-corrected chi connectivity index (χ3v) is 6.16. The minimum atomic E-state index is -0.157. The van der Waals surface area contributed by atoms with Gasteiger partial charge in [-0.25, -0.2) is 9.97 Å². The molecule has 2 aromatic rings. The molecule has 8 heteroatoms. The van der Waals surface area contributed by atoms with Gasteiger partial charge in [-0.1, -0.05) is 6.58 Å². The molecule has 4 N–H and O–H groups in total. The SMILES string of the molecule is C=CC(=O)NC1CCCC1Nc1ncc2c(n1)-c1[nH]c3c(c1CC2)C(=O)NCC3. The van der Waals surface area contributed by atoms with E-state index in [1.54, 1.807) is 0 Å². The molecular formula is C21H24N6O2. The quantitative estimate of drug-likeness (QED) is 0.589. The van der Waals surface area contributed by atoms with E-state index >= 15 is 0 Å². The summed E-state index contributed by atoms with van der Waals surface area (Å²) in [4.78, 5) is 36.8. The zero-order chi connectivity index (χ0) is 20.0. The maximum absolute atomic E-state index is 12.4. The van der Waals surface area contributed by atoms with Crippen LogP contribution in [0.3, 0.4) is 0 Å². The van der Waals surface area contributed by atoms with Crippen LogP contribution >= 0.6 is 0 Å². The maximum Gasteiger partial charge on any atom is 0.253 e. The van der Waals surface area contributed by atoms with Crippen LogP contribution in [0.25, 0.3) is 11.4 Å². The van der Waals surface area contributed by atoms with Crippen LogP contribution in [0.4, 0.5) is 5.95 Å². The Bertz CT molecular complexity index is 1010. The molecule has 1 fully saturated rings. The standard InChI is InChI=1S/C21H24N6O2/c1-2-16(28)24-13-4-3-5-14(13)26-21-23-10-11-6-7-12-17-15(8-9-22-20(17)29)25-19(12)18(11)27-21/h2,10,13-14,25H,1,3-9H2,(H,22,29)(H,24,28)(H,23,26,27). The number of anilines is 1. The first-order valence-electron chi connectivity index (χ1n) is 10.2. The molecule has 3 aliphatic rings. The van der Waals surface area contributed by atoms with Gasteiger partial charge in [0.25, 0.3) is 5.91 Å².